The Labute approximate surface area is 115 Å². The first-order valence-electron chi connectivity index (χ1n) is 5.21. The molecule has 0 amide bonds. The number of rotatable bonds is 3. The molecular weight excluding hydrogens is 303 g/mol. The van der Waals surface area contributed by atoms with E-state index in [2.05, 4.69) is 10.4 Å². The molecule has 1 aromatic heterocycles. The number of alkyl halides is 3. The molecule has 2 heterocycles. The van der Waals surface area contributed by atoms with Gasteiger partial charge in [0.05, 0.1) is 6.04 Å². The number of halogens is 3. The standard InChI is InChI=1S/C9H12F3N3S3/c10-9(11,12)8-14-3-5(18-8)7(15-13)6-4-16-1-2-17-6/h3,6-7,15H,1-2,4,13H2. The van der Waals surface area contributed by atoms with Gasteiger partial charge in [-0.3, -0.25) is 11.3 Å². The van der Waals surface area contributed by atoms with Crippen LogP contribution in [0.25, 0.3) is 0 Å². The Morgan fingerprint density at radius 3 is 2.72 bits per heavy atom. The molecule has 2 atom stereocenters. The van der Waals surface area contributed by atoms with Crippen molar-refractivity contribution in [1.82, 2.24) is 10.4 Å². The molecule has 2 rings (SSSR count). The first kappa shape index (κ1) is 14.4. The maximum absolute atomic E-state index is 12.5. The molecule has 1 aromatic rings. The number of hydrogen-bond acceptors (Lipinski definition) is 6. The Kier molecular flexibility index (Phi) is 4.81. The lowest BCUT2D eigenvalue weighted by molar-refractivity contribution is -0.137. The Balaban J connectivity index is 2.14. The second kappa shape index (κ2) is 6.00. The lowest BCUT2D eigenvalue weighted by Crippen LogP contribution is -2.37. The quantitative estimate of drug-likeness (QED) is 0.663. The van der Waals surface area contributed by atoms with Gasteiger partial charge in [0.2, 0.25) is 0 Å². The lowest BCUT2D eigenvalue weighted by Gasteiger charge is -2.27. The fraction of sp³-hybridized carbons (Fsp3) is 0.667. The lowest BCUT2D eigenvalue weighted by atomic mass is 10.2. The van der Waals surface area contributed by atoms with Crippen molar-refractivity contribution in [3.05, 3.63) is 16.1 Å². The molecule has 0 aromatic carbocycles. The highest BCUT2D eigenvalue weighted by atomic mass is 32.2. The predicted molar refractivity (Wildman–Crippen MR) is 70.8 cm³/mol. The van der Waals surface area contributed by atoms with Crippen LogP contribution in [0.3, 0.4) is 0 Å². The number of nitrogens with zero attached hydrogens (tertiary/aromatic N) is 1. The van der Waals surface area contributed by atoms with E-state index >= 15 is 0 Å². The number of thioether (sulfide) groups is 2. The molecule has 0 bridgehead atoms. The van der Waals surface area contributed by atoms with Crippen LogP contribution in [-0.4, -0.2) is 27.5 Å². The summed E-state index contributed by atoms with van der Waals surface area (Å²) in [5.41, 5.74) is 2.62. The minimum absolute atomic E-state index is 0.190. The van der Waals surface area contributed by atoms with Crippen molar-refractivity contribution < 1.29 is 13.2 Å². The van der Waals surface area contributed by atoms with Crippen molar-refractivity contribution in [2.45, 2.75) is 17.5 Å². The maximum Gasteiger partial charge on any atom is 0.443 e. The van der Waals surface area contributed by atoms with E-state index in [1.165, 1.54) is 6.20 Å². The average molecular weight is 315 g/mol. The molecule has 0 spiro atoms. The zero-order chi connectivity index (χ0) is 13.2. The van der Waals surface area contributed by atoms with Crippen LogP contribution >= 0.6 is 34.9 Å². The Morgan fingerprint density at radius 1 is 1.44 bits per heavy atom. The molecule has 1 saturated heterocycles. The third kappa shape index (κ3) is 3.32. The van der Waals surface area contributed by atoms with Gasteiger partial charge in [-0.05, 0) is 0 Å². The smallest absolute Gasteiger partial charge is 0.271 e. The second-order valence-electron chi connectivity index (χ2n) is 3.69. The van der Waals surface area contributed by atoms with Gasteiger partial charge in [0.15, 0.2) is 5.01 Å². The van der Waals surface area contributed by atoms with Crippen LogP contribution in [-0.2, 0) is 6.18 Å². The summed E-state index contributed by atoms with van der Waals surface area (Å²) in [6.07, 6.45) is -3.10. The minimum atomic E-state index is -4.38. The summed E-state index contributed by atoms with van der Waals surface area (Å²) in [5, 5.41) is -0.624. The molecule has 0 radical (unpaired) electrons. The van der Waals surface area contributed by atoms with Crippen LogP contribution in [0.4, 0.5) is 13.2 Å². The second-order valence-corrected chi connectivity index (χ2v) is 7.25. The van der Waals surface area contributed by atoms with E-state index in [9.17, 15) is 13.2 Å². The minimum Gasteiger partial charge on any atom is -0.271 e. The van der Waals surface area contributed by atoms with Crippen LogP contribution in [0.15, 0.2) is 6.20 Å². The molecule has 3 nitrogen and oxygen atoms in total. The topological polar surface area (TPSA) is 50.9 Å². The number of hydrogen-bond donors (Lipinski definition) is 2. The molecule has 0 saturated carbocycles. The number of nitrogens with two attached hydrogens (primary N) is 1. The molecule has 1 fully saturated rings. The number of nitrogens with one attached hydrogen (secondary N) is 1. The molecular formula is C9H12F3N3S3. The van der Waals surface area contributed by atoms with Crippen LogP contribution in [0.2, 0.25) is 0 Å². The van der Waals surface area contributed by atoms with E-state index in [0.717, 1.165) is 17.3 Å². The van der Waals surface area contributed by atoms with Crippen molar-refractivity contribution in [2.75, 3.05) is 17.3 Å². The third-order valence-electron chi connectivity index (χ3n) is 2.47. The molecule has 1 aliphatic rings. The molecule has 102 valence electrons. The van der Waals surface area contributed by atoms with E-state index in [0.29, 0.717) is 16.2 Å². The molecule has 18 heavy (non-hydrogen) atoms. The van der Waals surface area contributed by atoms with Crippen molar-refractivity contribution in [3.63, 3.8) is 0 Å². The summed E-state index contributed by atoms with van der Waals surface area (Å²) in [6, 6.07) is -0.267. The first-order valence-corrected chi connectivity index (χ1v) is 8.22. The highest BCUT2D eigenvalue weighted by molar-refractivity contribution is 8.06. The molecule has 3 N–H and O–H groups in total. The van der Waals surface area contributed by atoms with Gasteiger partial charge in [0.25, 0.3) is 0 Å². The van der Waals surface area contributed by atoms with E-state index in [1.54, 1.807) is 23.5 Å². The van der Waals surface area contributed by atoms with Crippen molar-refractivity contribution in [2.24, 2.45) is 5.84 Å². The largest absolute Gasteiger partial charge is 0.443 e. The molecule has 0 aliphatic carbocycles. The summed E-state index contributed by atoms with van der Waals surface area (Å²) in [6.45, 7) is 0. The normalized spacial score (nSPS) is 23.0. The SMILES string of the molecule is NNC(c1cnc(C(F)(F)F)s1)C1CSCCS1. The third-order valence-corrected chi connectivity index (χ3v) is 6.45. The summed E-state index contributed by atoms with van der Waals surface area (Å²) in [5.74, 6) is 8.44. The van der Waals surface area contributed by atoms with Gasteiger partial charge >= 0.3 is 6.18 Å². The van der Waals surface area contributed by atoms with Crippen LogP contribution < -0.4 is 11.3 Å². The first-order chi connectivity index (χ1) is 8.52. The van der Waals surface area contributed by atoms with E-state index in [-0.39, 0.29) is 11.3 Å². The van der Waals surface area contributed by atoms with Gasteiger partial charge in [-0.2, -0.15) is 36.7 Å². The van der Waals surface area contributed by atoms with Crippen LogP contribution in [0.5, 0.6) is 0 Å². The van der Waals surface area contributed by atoms with Crippen molar-refractivity contribution in [3.8, 4) is 0 Å². The molecule has 2 unspecified atom stereocenters. The van der Waals surface area contributed by atoms with Crippen molar-refractivity contribution in [1.29, 1.82) is 0 Å². The Bertz CT molecular complexity index is 390. The summed E-state index contributed by atoms with van der Waals surface area (Å²) >= 11 is 4.21. The van der Waals surface area contributed by atoms with E-state index < -0.39 is 11.2 Å². The van der Waals surface area contributed by atoms with Gasteiger partial charge < -0.3 is 0 Å². The average Bonchev–Trinajstić information content (AvgIpc) is 2.81. The zero-order valence-corrected chi connectivity index (χ0v) is 11.7. The van der Waals surface area contributed by atoms with E-state index in [1.807, 2.05) is 0 Å². The fourth-order valence-corrected chi connectivity index (χ4v) is 5.47. The highest BCUT2D eigenvalue weighted by Crippen LogP contribution is 2.38. The van der Waals surface area contributed by atoms with Crippen LogP contribution in [0, 0.1) is 0 Å². The predicted octanol–water partition coefficient (Wildman–Crippen LogP) is 2.51. The van der Waals surface area contributed by atoms with Crippen molar-refractivity contribution >= 4 is 34.9 Å². The van der Waals surface area contributed by atoms with E-state index in [4.69, 9.17) is 5.84 Å². The molecule has 9 heteroatoms. The van der Waals surface area contributed by atoms with Gasteiger partial charge in [0, 0.05) is 33.6 Å². The van der Waals surface area contributed by atoms with Gasteiger partial charge in [-0.25, -0.2) is 4.98 Å². The Hall–Kier alpha value is 0.0400. The fourth-order valence-electron chi connectivity index (χ4n) is 1.63. The highest BCUT2D eigenvalue weighted by Gasteiger charge is 2.36. The molecule has 1 aliphatic heterocycles. The van der Waals surface area contributed by atoms with Crippen LogP contribution in [0.1, 0.15) is 15.9 Å². The number of aromatic nitrogens is 1. The zero-order valence-electron chi connectivity index (χ0n) is 9.24. The summed E-state index contributed by atoms with van der Waals surface area (Å²) in [7, 11) is 0. The summed E-state index contributed by atoms with van der Waals surface area (Å²) < 4.78 is 37.5. The Morgan fingerprint density at radius 2 is 2.22 bits per heavy atom. The maximum atomic E-state index is 12.5. The summed E-state index contributed by atoms with van der Waals surface area (Å²) in [4.78, 5) is 3.98. The number of hydrazine groups is 1. The van der Waals surface area contributed by atoms with Gasteiger partial charge in [-0.1, -0.05) is 0 Å². The monoisotopic (exact) mass is 315 g/mol. The number of thiazole rings is 1. The van der Waals surface area contributed by atoms with Gasteiger partial charge in [-0.15, -0.1) is 11.3 Å². The van der Waals surface area contributed by atoms with Gasteiger partial charge in [0.1, 0.15) is 0 Å².